The minimum Gasteiger partial charge on any atom is -0.355 e. The highest BCUT2D eigenvalue weighted by molar-refractivity contribution is 7.89. The molecule has 8 heteroatoms. The average molecular weight is 306 g/mol. The molecular formula is C11H16ClN3O3S. The van der Waals surface area contributed by atoms with Crippen molar-refractivity contribution < 1.29 is 13.2 Å². The first kappa shape index (κ1) is 15.9. The van der Waals surface area contributed by atoms with Gasteiger partial charge >= 0.3 is 0 Å². The van der Waals surface area contributed by atoms with E-state index in [9.17, 15) is 13.2 Å². The summed E-state index contributed by atoms with van der Waals surface area (Å²) in [7, 11) is -3.82. The Hall–Kier alpha value is -1.18. The van der Waals surface area contributed by atoms with E-state index >= 15 is 0 Å². The van der Waals surface area contributed by atoms with Crippen LogP contribution in [0.1, 0.15) is 13.8 Å². The predicted molar refractivity (Wildman–Crippen MR) is 72.4 cm³/mol. The summed E-state index contributed by atoms with van der Waals surface area (Å²) in [6, 6.07) is 2.85. The lowest BCUT2D eigenvalue weighted by molar-refractivity contribution is -0.121. The van der Waals surface area contributed by atoms with Gasteiger partial charge in [0.25, 0.3) is 0 Å². The van der Waals surface area contributed by atoms with Gasteiger partial charge in [-0.05, 0) is 19.1 Å². The van der Waals surface area contributed by atoms with E-state index in [-0.39, 0.29) is 29.0 Å². The lowest BCUT2D eigenvalue weighted by atomic mass is 10.5. The van der Waals surface area contributed by atoms with Crippen molar-refractivity contribution in [2.45, 2.75) is 18.7 Å². The largest absolute Gasteiger partial charge is 0.355 e. The molecular weight excluding hydrogens is 290 g/mol. The monoisotopic (exact) mass is 305 g/mol. The van der Waals surface area contributed by atoms with E-state index in [1.54, 1.807) is 13.8 Å². The van der Waals surface area contributed by atoms with Crippen LogP contribution >= 0.6 is 11.6 Å². The zero-order chi connectivity index (χ0) is 14.5. The molecule has 0 saturated carbocycles. The molecule has 1 amide bonds. The molecule has 0 aliphatic heterocycles. The van der Waals surface area contributed by atoms with E-state index in [1.807, 2.05) is 0 Å². The standard InChI is InChI=1S/C11H16ClN3O3S/c1-3-13-10(16)8-15(4-2)19(17,18)9-6-5-7-14-11(9)12/h5-7H,3-4,8H2,1-2H3,(H,13,16). The summed E-state index contributed by atoms with van der Waals surface area (Å²) in [5, 5.41) is 2.45. The molecule has 1 aromatic heterocycles. The van der Waals surface area contributed by atoms with Crippen LogP contribution in [-0.2, 0) is 14.8 Å². The zero-order valence-electron chi connectivity index (χ0n) is 10.8. The van der Waals surface area contributed by atoms with Gasteiger partial charge in [-0.1, -0.05) is 18.5 Å². The van der Waals surface area contributed by atoms with Gasteiger partial charge in [-0.15, -0.1) is 0 Å². The van der Waals surface area contributed by atoms with Crippen LogP contribution in [0.2, 0.25) is 5.15 Å². The Morgan fingerprint density at radius 2 is 2.16 bits per heavy atom. The minimum atomic E-state index is -3.82. The van der Waals surface area contributed by atoms with E-state index in [4.69, 9.17) is 11.6 Å². The minimum absolute atomic E-state index is 0.0946. The zero-order valence-corrected chi connectivity index (χ0v) is 12.3. The number of hydrogen-bond acceptors (Lipinski definition) is 4. The molecule has 1 rings (SSSR count). The van der Waals surface area contributed by atoms with Crippen molar-refractivity contribution in [3.63, 3.8) is 0 Å². The van der Waals surface area contributed by atoms with Gasteiger partial charge in [0.15, 0.2) is 0 Å². The molecule has 1 N–H and O–H groups in total. The van der Waals surface area contributed by atoms with Crippen molar-refractivity contribution in [3.8, 4) is 0 Å². The highest BCUT2D eigenvalue weighted by Gasteiger charge is 2.27. The van der Waals surface area contributed by atoms with Crippen LogP contribution in [0.25, 0.3) is 0 Å². The van der Waals surface area contributed by atoms with Crippen LogP contribution in [0.4, 0.5) is 0 Å². The second kappa shape index (κ2) is 6.83. The summed E-state index contributed by atoms with van der Waals surface area (Å²) in [6.45, 7) is 3.80. The predicted octanol–water partition coefficient (Wildman–Crippen LogP) is 0.882. The van der Waals surface area contributed by atoms with E-state index in [2.05, 4.69) is 10.3 Å². The summed E-state index contributed by atoms with van der Waals surface area (Å²) in [5.74, 6) is -0.354. The molecule has 0 aliphatic rings. The van der Waals surface area contributed by atoms with Gasteiger partial charge in [0, 0.05) is 19.3 Å². The third-order valence-corrected chi connectivity index (χ3v) is 4.75. The SMILES string of the molecule is CCNC(=O)CN(CC)S(=O)(=O)c1cccnc1Cl. The lowest BCUT2D eigenvalue weighted by Gasteiger charge is -2.20. The number of pyridine rings is 1. The molecule has 1 aromatic rings. The smallest absolute Gasteiger partial charge is 0.246 e. The maximum absolute atomic E-state index is 12.3. The number of sulfonamides is 1. The van der Waals surface area contributed by atoms with Crippen molar-refractivity contribution in [2.75, 3.05) is 19.6 Å². The van der Waals surface area contributed by atoms with Gasteiger partial charge in [0.2, 0.25) is 15.9 Å². The van der Waals surface area contributed by atoms with Gasteiger partial charge in [0.05, 0.1) is 6.54 Å². The summed E-state index contributed by atoms with van der Waals surface area (Å²) < 4.78 is 25.7. The quantitative estimate of drug-likeness (QED) is 0.791. The Balaban J connectivity index is 3.03. The van der Waals surface area contributed by atoms with Crippen molar-refractivity contribution in [3.05, 3.63) is 23.5 Å². The number of rotatable bonds is 6. The highest BCUT2D eigenvalue weighted by Crippen LogP contribution is 2.21. The fourth-order valence-electron chi connectivity index (χ4n) is 1.48. The number of amides is 1. The topological polar surface area (TPSA) is 79.4 Å². The number of carbonyl (C=O) groups excluding carboxylic acids is 1. The van der Waals surface area contributed by atoms with Gasteiger partial charge < -0.3 is 5.32 Å². The van der Waals surface area contributed by atoms with E-state index in [0.29, 0.717) is 6.54 Å². The number of nitrogens with zero attached hydrogens (tertiary/aromatic N) is 2. The molecule has 0 aliphatic carbocycles. The molecule has 0 spiro atoms. The maximum atomic E-state index is 12.3. The number of carbonyl (C=O) groups is 1. The van der Waals surface area contributed by atoms with Gasteiger partial charge in [-0.25, -0.2) is 13.4 Å². The summed E-state index contributed by atoms with van der Waals surface area (Å²) in [5.41, 5.74) is 0. The Morgan fingerprint density at radius 3 is 2.68 bits per heavy atom. The normalized spacial score (nSPS) is 11.6. The molecule has 0 saturated heterocycles. The van der Waals surface area contributed by atoms with Crippen LogP contribution < -0.4 is 5.32 Å². The first-order valence-electron chi connectivity index (χ1n) is 5.80. The summed E-state index contributed by atoms with van der Waals surface area (Å²) >= 11 is 5.79. The maximum Gasteiger partial charge on any atom is 0.246 e. The number of halogens is 1. The molecule has 0 aromatic carbocycles. The average Bonchev–Trinajstić information content (AvgIpc) is 2.36. The van der Waals surface area contributed by atoms with E-state index < -0.39 is 10.0 Å². The molecule has 0 atom stereocenters. The lowest BCUT2D eigenvalue weighted by Crippen LogP contribution is -2.40. The molecule has 1 heterocycles. The highest BCUT2D eigenvalue weighted by atomic mass is 35.5. The Labute approximate surface area is 117 Å². The van der Waals surface area contributed by atoms with Crippen LogP contribution in [0, 0.1) is 0 Å². The van der Waals surface area contributed by atoms with Crippen LogP contribution in [-0.4, -0.2) is 43.2 Å². The number of hydrogen-bond donors (Lipinski definition) is 1. The second-order valence-electron chi connectivity index (χ2n) is 3.68. The molecule has 0 fully saturated rings. The third-order valence-electron chi connectivity index (χ3n) is 2.39. The first-order valence-corrected chi connectivity index (χ1v) is 7.62. The van der Waals surface area contributed by atoms with Gasteiger partial charge in [0.1, 0.15) is 10.0 Å². The molecule has 19 heavy (non-hydrogen) atoms. The van der Waals surface area contributed by atoms with Crippen LogP contribution in [0.15, 0.2) is 23.2 Å². The van der Waals surface area contributed by atoms with E-state index in [0.717, 1.165) is 4.31 Å². The van der Waals surface area contributed by atoms with Crippen LogP contribution in [0.5, 0.6) is 0 Å². The number of aromatic nitrogens is 1. The van der Waals surface area contributed by atoms with Crippen molar-refractivity contribution in [1.29, 1.82) is 0 Å². The first-order chi connectivity index (χ1) is 8.93. The Kier molecular flexibility index (Phi) is 5.71. The fraction of sp³-hybridized carbons (Fsp3) is 0.455. The molecule has 0 radical (unpaired) electrons. The van der Waals surface area contributed by atoms with Crippen molar-refractivity contribution in [2.24, 2.45) is 0 Å². The molecule has 0 bridgehead atoms. The van der Waals surface area contributed by atoms with Crippen LogP contribution in [0.3, 0.4) is 0 Å². The third kappa shape index (κ3) is 3.89. The number of likely N-dealkylation sites (N-methyl/N-ethyl adjacent to an activating group) is 2. The second-order valence-corrected chi connectivity index (χ2v) is 5.94. The number of nitrogens with one attached hydrogen (secondary N) is 1. The van der Waals surface area contributed by atoms with E-state index in [1.165, 1.54) is 18.3 Å². The summed E-state index contributed by atoms with van der Waals surface area (Å²) in [6.07, 6.45) is 1.40. The van der Waals surface area contributed by atoms with Gasteiger partial charge in [-0.2, -0.15) is 4.31 Å². The van der Waals surface area contributed by atoms with Gasteiger partial charge in [-0.3, -0.25) is 4.79 Å². The van der Waals surface area contributed by atoms with Crippen molar-refractivity contribution >= 4 is 27.5 Å². The Morgan fingerprint density at radius 1 is 1.47 bits per heavy atom. The van der Waals surface area contributed by atoms with Crippen molar-refractivity contribution in [1.82, 2.24) is 14.6 Å². The summed E-state index contributed by atoms with van der Waals surface area (Å²) in [4.78, 5) is 15.2. The molecule has 6 nitrogen and oxygen atoms in total. The Bertz CT molecular complexity index is 548. The molecule has 106 valence electrons. The fourth-order valence-corrected chi connectivity index (χ4v) is 3.32. The molecule has 0 unspecified atom stereocenters.